The van der Waals surface area contributed by atoms with Crippen molar-refractivity contribution in [1.82, 2.24) is 24.8 Å². The number of amides is 1. The number of nitrogens with two attached hydrogens (primary N) is 1. The second-order valence-electron chi connectivity index (χ2n) is 10.9. The minimum Gasteiger partial charge on any atom is -0.461 e. The van der Waals surface area contributed by atoms with Gasteiger partial charge >= 0.3 is 12.1 Å². The van der Waals surface area contributed by atoms with E-state index >= 15 is 0 Å². The predicted octanol–water partition coefficient (Wildman–Crippen LogP) is 3.31. The van der Waals surface area contributed by atoms with E-state index in [1.807, 2.05) is 44.4 Å². The Morgan fingerprint density at radius 3 is 2.65 bits per heavy atom. The molecule has 2 aliphatic heterocycles. The number of benzene rings is 1. The number of cyclic esters (lactones) is 1. The zero-order valence-electron chi connectivity index (χ0n) is 23.8. The van der Waals surface area contributed by atoms with Gasteiger partial charge in [-0.25, -0.2) is 4.79 Å². The molecular weight excluding hydrogens is 512 g/mol. The molecule has 2 aromatic rings. The van der Waals surface area contributed by atoms with E-state index in [-0.39, 0.29) is 24.5 Å². The van der Waals surface area contributed by atoms with E-state index in [0.29, 0.717) is 38.2 Å². The molecule has 1 aromatic carbocycles. The smallest absolute Gasteiger partial charge is 0.410 e. The lowest BCUT2D eigenvalue weighted by Gasteiger charge is -2.35. The quantitative estimate of drug-likeness (QED) is 0.188. The van der Waals surface area contributed by atoms with Crippen molar-refractivity contribution in [2.75, 3.05) is 32.5 Å². The fourth-order valence-corrected chi connectivity index (χ4v) is 5.11. The van der Waals surface area contributed by atoms with Gasteiger partial charge in [0.1, 0.15) is 24.0 Å². The van der Waals surface area contributed by atoms with E-state index in [0.717, 1.165) is 29.7 Å². The summed E-state index contributed by atoms with van der Waals surface area (Å²) in [5.41, 5.74) is 9.31. The van der Waals surface area contributed by atoms with Crippen LogP contribution in [0.4, 0.5) is 10.5 Å². The Labute approximate surface area is 235 Å². The van der Waals surface area contributed by atoms with Crippen LogP contribution in [0.1, 0.15) is 46.5 Å². The number of allylic oxidation sites excluding steroid dienone is 1. The maximum absolute atomic E-state index is 13.0. The molecule has 0 spiro atoms. The number of fused-ring (bicyclic) bond motifs is 1. The number of Topliss-reactive ketones (excluding diaryl/α,β-unsaturated/α-hetero) is 1. The molecule has 1 fully saturated rings. The number of ketones is 1. The van der Waals surface area contributed by atoms with Gasteiger partial charge in [-0.15, -0.1) is 5.10 Å². The molecule has 11 nitrogen and oxygen atoms in total. The number of rotatable bonds is 6. The highest BCUT2D eigenvalue weighted by atomic mass is 16.6. The molecule has 4 rings (SSSR count). The van der Waals surface area contributed by atoms with Gasteiger partial charge < -0.3 is 15.2 Å². The van der Waals surface area contributed by atoms with Crippen LogP contribution < -0.4 is 5.73 Å². The topological polar surface area (TPSA) is 133 Å². The SMILES string of the molecule is C/C1=C\CN(C)C(C)C2C(COC(=O)C(C)C(=O)CC1)OC(=O)N2CCCCn1cc(-c2cccc(N)c2)nn1. The van der Waals surface area contributed by atoms with Crippen molar-refractivity contribution < 1.29 is 23.9 Å². The number of aryl methyl sites for hydroxylation is 1. The number of ether oxygens (including phenoxy) is 2. The van der Waals surface area contributed by atoms with Gasteiger partial charge in [-0.3, -0.25) is 24.1 Å². The molecule has 1 aromatic heterocycles. The summed E-state index contributed by atoms with van der Waals surface area (Å²) >= 11 is 0. The maximum atomic E-state index is 13.0. The van der Waals surface area contributed by atoms with Crippen LogP contribution in [-0.2, 0) is 25.6 Å². The van der Waals surface area contributed by atoms with Crippen molar-refractivity contribution in [3.8, 4) is 11.3 Å². The van der Waals surface area contributed by atoms with Crippen molar-refractivity contribution >= 4 is 23.5 Å². The first-order valence-electron chi connectivity index (χ1n) is 13.9. The Kier molecular flexibility index (Phi) is 9.57. The van der Waals surface area contributed by atoms with Crippen LogP contribution in [0.15, 0.2) is 42.1 Å². The first-order chi connectivity index (χ1) is 19.1. The summed E-state index contributed by atoms with van der Waals surface area (Å²) in [7, 11) is 2.00. The van der Waals surface area contributed by atoms with Gasteiger partial charge in [0.2, 0.25) is 0 Å². The minimum atomic E-state index is -0.848. The highest BCUT2D eigenvalue weighted by Gasteiger charge is 2.46. The zero-order valence-corrected chi connectivity index (χ0v) is 23.8. The number of aromatic nitrogens is 3. The summed E-state index contributed by atoms with van der Waals surface area (Å²) in [6.07, 6.45) is 5.35. The third kappa shape index (κ3) is 7.07. The van der Waals surface area contributed by atoms with Gasteiger partial charge in [-0.1, -0.05) is 29.0 Å². The lowest BCUT2D eigenvalue weighted by Crippen LogP contribution is -2.52. The maximum Gasteiger partial charge on any atom is 0.410 e. The molecule has 4 atom stereocenters. The van der Waals surface area contributed by atoms with Gasteiger partial charge in [0.15, 0.2) is 6.10 Å². The number of hydrogen-bond acceptors (Lipinski definition) is 9. The summed E-state index contributed by atoms with van der Waals surface area (Å²) in [6, 6.07) is 7.15. The van der Waals surface area contributed by atoms with Crippen LogP contribution >= 0.6 is 0 Å². The molecule has 1 saturated heterocycles. The number of esters is 1. The average Bonchev–Trinajstić information content (AvgIpc) is 3.54. The number of unbranched alkanes of at least 4 members (excludes halogenated alkanes) is 1. The molecule has 2 N–H and O–H groups in total. The van der Waals surface area contributed by atoms with Crippen LogP contribution in [0.25, 0.3) is 11.3 Å². The lowest BCUT2D eigenvalue weighted by atomic mass is 9.98. The fourth-order valence-electron chi connectivity index (χ4n) is 5.11. The second-order valence-corrected chi connectivity index (χ2v) is 10.9. The van der Waals surface area contributed by atoms with Gasteiger partial charge in [0.25, 0.3) is 0 Å². The third-order valence-electron chi connectivity index (χ3n) is 7.89. The van der Waals surface area contributed by atoms with Crippen LogP contribution in [0, 0.1) is 5.92 Å². The summed E-state index contributed by atoms with van der Waals surface area (Å²) in [6.45, 7) is 7.35. The van der Waals surface area contributed by atoms with E-state index < -0.39 is 24.1 Å². The Morgan fingerprint density at radius 2 is 1.88 bits per heavy atom. The van der Waals surface area contributed by atoms with Crippen LogP contribution in [0.2, 0.25) is 0 Å². The second kappa shape index (κ2) is 13.1. The Morgan fingerprint density at radius 1 is 1.10 bits per heavy atom. The van der Waals surface area contributed by atoms with Gasteiger partial charge in [0.05, 0.1) is 12.2 Å². The van der Waals surface area contributed by atoms with Crippen LogP contribution in [0.5, 0.6) is 0 Å². The normalized spacial score (nSPS) is 26.4. The summed E-state index contributed by atoms with van der Waals surface area (Å²) in [5.74, 6) is -1.58. The molecule has 11 heteroatoms. The summed E-state index contributed by atoms with van der Waals surface area (Å²) in [4.78, 5) is 41.9. The van der Waals surface area contributed by atoms with Crippen molar-refractivity contribution in [3.05, 3.63) is 42.1 Å². The highest BCUT2D eigenvalue weighted by molar-refractivity contribution is 5.98. The van der Waals surface area contributed by atoms with Crippen molar-refractivity contribution in [3.63, 3.8) is 0 Å². The molecule has 2 aliphatic rings. The Balaban J connectivity index is 1.41. The van der Waals surface area contributed by atoms with Gasteiger partial charge in [-0.05, 0) is 59.2 Å². The Bertz CT molecular complexity index is 1240. The number of hydrogen-bond donors (Lipinski definition) is 1. The standard InChI is InChI=1S/C29H40N6O5/c1-19-10-11-25(36)20(2)28(37)39-18-26-27(21(3)33(4)15-12-19)35(29(38)40-26)14-6-5-13-34-17-24(31-32-34)22-8-7-9-23(30)16-22/h7-9,12,16-17,20-21,26-27H,5-6,10-11,13-15,18,30H2,1-4H3/b19-12+. The lowest BCUT2D eigenvalue weighted by molar-refractivity contribution is -0.154. The fraction of sp³-hybridized carbons (Fsp3) is 0.552. The van der Waals surface area contributed by atoms with E-state index in [9.17, 15) is 14.4 Å². The summed E-state index contributed by atoms with van der Waals surface area (Å²) in [5, 5.41) is 8.48. The number of anilines is 1. The van der Waals surface area contributed by atoms with Crippen LogP contribution in [-0.4, -0.2) is 87.6 Å². The molecule has 0 saturated carbocycles. The van der Waals surface area contributed by atoms with Gasteiger partial charge in [-0.2, -0.15) is 0 Å². The van der Waals surface area contributed by atoms with Gasteiger partial charge in [0, 0.05) is 43.3 Å². The number of likely N-dealkylation sites (N-methyl/N-ethyl adjacent to an activating group) is 1. The molecule has 1 amide bonds. The third-order valence-corrected chi connectivity index (χ3v) is 7.89. The van der Waals surface area contributed by atoms with E-state index in [1.165, 1.54) is 0 Å². The van der Waals surface area contributed by atoms with Crippen LogP contribution in [0.3, 0.4) is 0 Å². The van der Waals surface area contributed by atoms with Crippen molar-refractivity contribution in [2.45, 2.75) is 71.2 Å². The Hall–Kier alpha value is -3.73. The van der Waals surface area contributed by atoms with Crippen molar-refractivity contribution in [2.24, 2.45) is 5.92 Å². The predicted molar refractivity (Wildman–Crippen MR) is 150 cm³/mol. The molecule has 3 heterocycles. The number of nitrogens with zero attached hydrogens (tertiary/aromatic N) is 5. The number of nitrogen functional groups attached to an aromatic ring is 1. The first-order valence-corrected chi connectivity index (χ1v) is 13.9. The highest BCUT2D eigenvalue weighted by Crippen LogP contribution is 2.27. The molecule has 40 heavy (non-hydrogen) atoms. The first kappa shape index (κ1) is 29.3. The molecule has 216 valence electrons. The van der Waals surface area contributed by atoms with Crippen molar-refractivity contribution in [1.29, 1.82) is 0 Å². The molecule has 0 bridgehead atoms. The molecule has 0 aliphatic carbocycles. The average molecular weight is 553 g/mol. The van der Waals surface area contributed by atoms with E-state index in [2.05, 4.69) is 28.2 Å². The van der Waals surface area contributed by atoms with E-state index in [4.69, 9.17) is 15.2 Å². The number of carbonyl (C=O) groups is 3. The van der Waals surface area contributed by atoms with E-state index in [1.54, 1.807) is 16.5 Å². The monoisotopic (exact) mass is 552 g/mol. The minimum absolute atomic E-state index is 0.0580. The molecule has 0 radical (unpaired) electrons. The molecular formula is C29H40N6O5. The summed E-state index contributed by atoms with van der Waals surface area (Å²) < 4.78 is 13.0. The number of carbonyl (C=O) groups excluding carboxylic acids is 3. The molecule has 4 unspecified atom stereocenters. The zero-order chi connectivity index (χ0) is 28.8. The largest absolute Gasteiger partial charge is 0.461 e.